The molecule has 2 aromatic heterocycles. The number of primary amides is 1. The highest BCUT2D eigenvalue weighted by Gasteiger charge is 2.29. The first-order valence-corrected chi connectivity index (χ1v) is 12.9. The number of carbonyl (C=O) groups excluding carboxylic acids is 2. The first-order valence-electron chi connectivity index (χ1n) is 12.9. The Hall–Kier alpha value is -4.06. The molecule has 0 unspecified atom stereocenters. The number of carbonyl (C=O) groups is 2. The predicted octanol–water partition coefficient (Wildman–Crippen LogP) is 3.24. The Morgan fingerprint density at radius 3 is 2.68 bits per heavy atom. The van der Waals surface area contributed by atoms with E-state index in [0.717, 1.165) is 24.1 Å². The smallest absolute Gasteiger partial charge is 0.298 e. The van der Waals surface area contributed by atoms with E-state index in [-0.39, 0.29) is 23.3 Å². The molecule has 1 aromatic carbocycles. The number of amides is 2. The second-order valence-corrected chi connectivity index (χ2v) is 10.0. The Labute approximate surface area is 216 Å². The summed E-state index contributed by atoms with van der Waals surface area (Å²) in [4.78, 5) is 26.5. The second kappa shape index (κ2) is 10.1. The zero-order chi connectivity index (χ0) is 26.1. The summed E-state index contributed by atoms with van der Waals surface area (Å²) in [5, 5.41) is 9.51. The maximum atomic E-state index is 12.5. The van der Waals surface area contributed by atoms with Crippen molar-refractivity contribution in [3.8, 4) is 23.1 Å². The van der Waals surface area contributed by atoms with Crippen molar-refractivity contribution < 1.29 is 9.59 Å². The van der Waals surface area contributed by atoms with E-state index < -0.39 is 5.91 Å². The Morgan fingerprint density at radius 2 is 1.95 bits per heavy atom. The van der Waals surface area contributed by atoms with Crippen LogP contribution in [-0.2, 0) is 11.3 Å². The number of nitrogens with zero attached hydrogens (tertiary/aromatic N) is 5. The average molecular weight is 500 g/mol. The number of nitrogens with two attached hydrogens (primary N) is 2. The van der Waals surface area contributed by atoms with Gasteiger partial charge in [-0.25, -0.2) is 4.68 Å². The van der Waals surface area contributed by atoms with Crippen molar-refractivity contribution in [1.82, 2.24) is 24.5 Å². The molecule has 3 aromatic rings. The molecule has 1 saturated carbocycles. The molecular formula is C28H33N7O2. The molecular weight excluding hydrogens is 466 g/mol. The lowest BCUT2D eigenvalue weighted by atomic mass is 10.1. The van der Waals surface area contributed by atoms with Crippen LogP contribution in [0.15, 0.2) is 30.5 Å². The second-order valence-electron chi connectivity index (χ2n) is 10.0. The fourth-order valence-electron chi connectivity index (χ4n) is 5.25. The lowest BCUT2D eigenvalue weighted by Crippen LogP contribution is -2.31. The third-order valence-corrected chi connectivity index (χ3v) is 7.30. The summed E-state index contributed by atoms with van der Waals surface area (Å²) < 4.78 is 3.59. The fraction of sp³-hybridized carbons (Fsp3) is 0.429. The lowest BCUT2D eigenvalue weighted by molar-refractivity contribution is -0.125. The van der Waals surface area contributed by atoms with E-state index >= 15 is 0 Å². The van der Waals surface area contributed by atoms with Crippen LogP contribution in [-0.4, -0.2) is 49.4 Å². The highest BCUT2D eigenvalue weighted by Crippen LogP contribution is 2.40. The summed E-state index contributed by atoms with van der Waals surface area (Å²) in [6, 6.07) is 8.59. The lowest BCUT2D eigenvalue weighted by Gasteiger charge is -2.18. The molecule has 1 aliphatic carbocycles. The highest BCUT2D eigenvalue weighted by molar-refractivity contribution is 6.03. The molecule has 0 spiro atoms. The van der Waals surface area contributed by atoms with Gasteiger partial charge in [0.05, 0.1) is 18.3 Å². The predicted molar refractivity (Wildman–Crippen MR) is 142 cm³/mol. The Kier molecular flexibility index (Phi) is 6.74. The van der Waals surface area contributed by atoms with Crippen molar-refractivity contribution in [1.29, 1.82) is 0 Å². The van der Waals surface area contributed by atoms with Gasteiger partial charge in [0.25, 0.3) is 11.8 Å². The zero-order valence-electron chi connectivity index (χ0n) is 21.4. The molecule has 4 N–H and O–H groups in total. The molecule has 9 heteroatoms. The summed E-state index contributed by atoms with van der Waals surface area (Å²) in [6.45, 7) is 5.36. The van der Waals surface area contributed by atoms with Crippen LogP contribution in [0.25, 0.3) is 11.3 Å². The maximum absolute atomic E-state index is 12.5. The third-order valence-electron chi connectivity index (χ3n) is 7.30. The first kappa shape index (κ1) is 24.6. The van der Waals surface area contributed by atoms with E-state index in [1.807, 2.05) is 17.8 Å². The van der Waals surface area contributed by atoms with E-state index in [2.05, 4.69) is 36.1 Å². The number of hydrogen-bond donors (Lipinski definition) is 2. The molecule has 2 amide bonds. The summed E-state index contributed by atoms with van der Waals surface area (Å²) in [6.07, 6.45) is 6.67. The Morgan fingerprint density at radius 1 is 1.14 bits per heavy atom. The minimum atomic E-state index is -0.619. The van der Waals surface area contributed by atoms with Crippen LogP contribution in [0.2, 0.25) is 0 Å². The van der Waals surface area contributed by atoms with Gasteiger partial charge in [0.15, 0.2) is 0 Å². The van der Waals surface area contributed by atoms with Gasteiger partial charge in [-0.15, -0.1) is 0 Å². The molecule has 2 aliphatic rings. The van der Waals surface area contributed by atoms with Gasteiger partial charge in [-0.05, 0) is 68.9 Å². The van der Waals surface area contributed by atoms with Crippen molar-refractivity contribution in [2.24, 2.45) is 5.73 Å². The quantitative estimate of drug-likeness (QED) is 0.504. The normalized spacial score (nSPS) is 17.7. The molecule has 0 radical (unpaired) electrons. The van der Waals surface area contributed by atoms with Crippen LogP contribution in [0.3, 0.4) is 0 Å². The number of rotatable bonds is 6. The number of benzene rings is 1. The number of aromatic nitrogens is 4. The van der Waals surface area contributed by atoms with Gasteiger partial charge in [-0.1, -0.05) is 30.2 Å². The van der Waals surface area contributed by atoms with Crippen LogP contribution in [0.5, 0.6) is 0 Å². The SMILES string of the molecule is CC#CC(=O)N1CCC[C@H](n2nc(-c3cn(Cc4cccc(C5CC5)c4)nc3C)c(C(N)=O)c2N)CC1. The molecule has 2 fully saturated rings. The number of hydrogen-bond acceptors (Lipinski definition) is 5. The summed E-state index contributed by atoms with van der Waals surface area (Å²) in [7, 11) is 0. The molecule has 192 valence electrons. The van der Waals surface area contributed by atoms with Crippen molar-refractivity contribution in [3.63, 3.8) is 0 Å². The van der Waals surface area contributed by atoms with Crippen LogP contribution in [0.1, 0.15) is 78.2 Å². The molecule has 5 rings (SSSR count). The van der Waals surface area contributed by atoms with E-state index in [1.54, 1.807) is 16.5 Å². The van der Waals surface area contributed by atoms with Gasteiger partial charge in [0.1, 0.15) is 17.1 Å². The number of aryl methyl sites for hydroxylation is 1. The number of likely N-dealkylation sites (tertiary alicyclic amines) is 1. The van der Waals surface area contributed by atoms with Gasteiger partial charge in [0, 0.05) is 24.8 Å². The average Bonchev–Trinajstić information content (AvgIpc) is 3.62. The van der Waals surface area contributed by atoms with Gasteiger partial charge in [0.2, 0.25) is 0 Å². The van der Waals surface area contributed by atoms with Crippen molar-refractivity contribution in [3.05, 3.63) is 52.8 Å². The molecule has 9 nitrogen and oxygen atoms in total. The zero-order valence-corrected chi connectivity index (χ0v) is 21.4. The summed E-state index contributed by atoms with van der Waals surface area (Å²) in [5.74, 6) is 5.45. The Bertz CT molecular complexity index is 1400. The van der Waals surface area contributed by atoms with Crippen LogP contribution >= 0.6 is 0 Å². The molecule has 1 atom stereocenters. The van der Waals surface area contributed by atoms with Gasteiger partial charge in [-0.3, -0.25) is 14.3 Å². The van der Waals surface area contributed by atoms with Crippen molar-refractivity contribution in [2.75, 3.05) is 18.8 Å². The number of anilines is 1. The maximum Gasteiger partial charge on any atom is 0.298 e. The van der Waals surface area contributed by atoms with E-state index in [0.29, 0.717) is 37.7 Å². The van der Waals surface area contributed by atoms with E-state index in [1.165, 1.54) is 24.0 Å². The minimum absolute atomic E-state index is 0.0558. The molecule has 37 heavy (non-hydrogen) atoms. The largest absolute Gasteiger partial charge is 0.383 e. The standard InChI is InChI=1S/C28H33N7O2/c1-3-6-24(36)33-13-5-9-22(12-14-33)35-27(29)25(28(30)37)26(32-35)23-17-34(31-18(23)2)16-19-7-4-8-21(15-19)20-10-11-20/h4,7-8,15,17,20,22H,5,9-14,16,29H2,1-2H3,(H2,30,37)/t22-/m0/s1. The summed E-state index contributed by atoms with van der Waals surface area (Å²) in [5.41, 5.74) is 17.0. The van der Waals surface area contributed by atoms with Crippen LogP contribution in [0.4, 0.5) is 5.82 Å². The molecule has 3 heterocycles. The summed E-state index contributed by atoms with van der Waals surface area (Å²) >= 11 is 0. The van der Waals surface area contributed by atoms with E-state index in [4.69, 9.17) is 21.7 Å². The van der Waals surface area contributed by atoms with Crippen LogP contribution in [0, 0.1) is 18.8 Å². The van der Waals surface area contributed by atoms with Gasteiger partial charge < -0.3 is 16.4 Å². The molecule has 0 bridgehead atoms. The first-order chi connectivity index (χ1) is 17.9. The molecule has 1 saturated heterocycles. The fourth-order valence-corrected chi connectivity index (χ4v) is 5.25. The topological polar surface area (TPSA) is 125 Å². The minimum Gasteiger partial charge on any atom is -0.383 e. The van der Waals surface area contributed by atoms with Gasteiger partial charge in [-0.2, -0.15) is 10.2 Å². The van der Waals surface area contributed by atoms with Crippen molar-refractivity contribution >= 4 is 17.6 Å². The highest BCUT2D eigenvalue weighted by atomic mass is 16.2. The monoisotopic (exact) mass is 499 g/mol. The van der Waals surface area contributed by atoms with Crippen LogP contribution < -0.4 is 11.5 Å². The molecule has 1 aliphatic heterocycles. The number of nitrogen functional groups attached to an aromatic ring is 1. The van der Waals surface area contributed by atoms with Gasteiger partial charge >= 0.3 is 0 Å². The Balaban J connectivity index is 1.42. The third kappa shape index (κ3) is 5.10. The van der Waals surface area contributed by atoms with Crippen molar-refractivity contribution in [2.45, 2.75) is 64.5 Å². The van der Waals surface area contributed by atoms with E-state index in [9.17, 15) is 9.59 Å².